The van der Waals surface area contributed by atoms with Gasteiger partial charge in [0.05, 0.1) is 22.2 Å². The third-order valence-electron chi connectivity index (χ3n) is 5.99. The van der Waals surface area contributed by atoms with Gasteiger partial charge in [0.1, 0.15) is 5.69 Å². The molecule has 1 aromatic carbocycles. The van der Waals surface area contributed by atoms with Crippen LogP contribution in [0.1, 0.15) is 12.8 Å². The minimum Gasteiger partial charge on any atom is -0.504 e. The van der Waals surface area contributed by atoms with Crippen LogP contribution in [0, 0.1) is 5.82 Å². The van der Waals surface area contributed by atoms with E-state index >= 15 is 0 Å². The summed E-state index contributed by atoms with van der Waals surface area (Å²) in [4.78, 5) is 11.1. The molecule has 0 unspecified atom stereocenters. The standard InChI is InChI=1S/C19H20ClFN6O3S/c1-25-17-12(15(24-25)11-3-4-13(20)16(28)14(11)21)9-22-18(23-17)26-7-8-27(31(2,29)30)19(10-26)5-6-19/h3-4,9,28H,5-8,10H2,1-2H3. The van der Waals surface area contributed by atoms with Gasteiger partial charge in [0, 0.05) is 38.4 Å². The van der Waals surface area contributed by atoms with E-state index in [-0.39, 0.29) is 16.1 Å². The van der Waals surface area contributed by atoms with E-state index in [1.54, 1.807) is 17.5 Å². The number of phenols is 1. The Morgan fingerprint density at radius 3 is 2.68 bits per heavy atom. The minimum atomic E-state index is -3.27. The minimum absolute atomic E-state index is 0.0812. The number of halogens is 2. The van der Waals surface area contributed by atoms with Crippen molar-refractivity contribution >= 4 is 38.6 Å². The lowest BCUT2D eigenvalue weighted by molar-refractivity contribution is 0.271. The van der Waals surface area contributed by atoms with Gasteiger partial charge in [-0.3, -0.25) is 0 Å². The summed E-state index contributed by atoms with van der Waals surface area (Å²) >= 11 is 5.78. The summed E-state index contributed by atoms with van der Waals surface area (Å²) in [6, 6.07) is 2.86. The summed E-state index contributed by atoms with van der Waals surface area (Å²) in [6.45, 7) is 1.38. The molecule has 0 atom stereocenters. The Kier molecular flexibility index (Phi) is 4.44. The van der Waals surface area contributed by atoms with Crippen molar-refractivity contribution in [2.24, 2.45) is 7.05 Å². The van der Waals surface area contributed by atoms with Crippen molar-refractivity contribution in [3.63, 3.8) is 0 Å². The Morgan fingerprint density at radius 1 is 1.26 bits per heavy atom. The number of hydrogen-bond donors (Lipinski definition) is 1. The molecule has 31 heavy (non-hydrogen) atoms. The third kappa shape index (κ3) is 3.22. The Balaban J connectivity index is 1.52. The molecule has 0 bridgehead atoms. The second kappa shape index (κ2) is 6.75. The van der Waals surface area contributed by atoms with E-state index in [0.717, 1.165) is 12.8 Å². The molecular weight excluding hydrogens is 447 g/mol. The van der Waals surface area contributed by atoms with Gasteiger partial charge in [-0.1, -0.05) is 11.6 Å². The van der Waals surface area contributed by atoms with Crippen LogP contribution in [0.2, 0.25) is 5.02 Å². The van der Waals surface area contributed by atoms with Crippen LogP contribution in [0.25, 0.3) is 22.3 Å². The van der Waals surface area contributed by atoms with E-state index in [1.165, 1.54) is 23.1 Å². The maximum atomic E-state index is 14.6. The van der Waals surface area contributed by atoms with Gasteiger partial charge in [0.25, 0.3) is 0 Å². The van der Waals surface area contributed by atoms with Crippen LogP contribution in [0.5, 0.6) is 5.75 Å². The van der Waals surface area contributed by atoms with Gasteiger partial charge in [-0.05, 0) is 25.0 Å². The lowest BCUT2D eigenvalue weighted by Crippen LogP contribution is -2.57. The van der Waals surface area contributed by atoms with Gasteiger partial charge >= 0.3 is 0 Å². The molecule has 9 nitrogen and oxygen atoms in total. The number of aromatic hydroxyl groups is 1. The van der Waals surface area contributed by atoms with Crippen molar-refractivity contribution in [1.29, 1.82) is 0 Å². The van der Waals surface area contributed by atoms with E-state index in [4.69, 9.17) is 11.6 Å². The fourth-order valence-corrected chi connectivity index (χ4v) is 5.81. The van der Waals surface area contributed by atoms with Gasteiger partial charge in [-0.25, -0.2) is 22.5 Å². The smallest absolute Gasteiger partial charge is 0.227 e. The molecule has 12 heteroatoms. The van der Waals surface area contributed by atoms with Crippen molar-refractivity contribution < 1.29 is 17.9 Å². The predicted octanol–water partition coefficient (Wildman–Crippen LogP) is 2.14. The molecule has 1 saturated heterocycles. The van der Waals surface area contributed by atoms with Crippen LogP contribution in [0.15, 0.2) is 18.3 Å². The van der Waals surface area contributed by atoms with Crippen molar-refractivity contribution in [2.45, 2.75) is 18.4 Å². The molecule has 0 amide bonds. The van der Waals surface area contributed by atoms with Gasteiger partial charge in [-0.2, -0.15) is 14.4 Å². The van der Waals surface area contributed by atoms with Crippen molar-refractivity contribution in [3.05, 3.63) is 29.2 Å². The molecule has 1 spiro atoms. The first-order chi connectivity index (χ1) is 14.6. The Morgan fingerprint density at radius 2 is 2.00 bits per heavy atom. The fraction of sp³-hybridized carbons (Fsp3) is 0.421. The summed E-state index contributed by atoms with van der Waals surface area (Å²) in [5.41, 5.74) is 0.520. The van der Waals surface area contributed by atoms with Crippen LogP contribution in [-0.4, -0.2) is 69.0 Å². The monoisotopic (exact) mass is 466 g/mol. The number of piperazine rings is 1. The number of phenolic OH excluding ortho intramolecular Hbond substituents is 1. The summed E-state index contributed by atoms with van der Waals surface area (Å²) in [7, 11) is -1.57. The number of hydrogen-bond acceptors (Lipinski definition) is 7. The second-order valence-electron chi connectivity index (χ2n) is 8.12. The molecule has 0 radical (unpaired) electrons. The maximum Gasteiger partial charge on any atom is 0.227 e. The number of nitrogens with zero attached hydrogens (tertiary/aromatic N) is 6. The number of fused-ring (bicyclic) bond motifs is 1. The quantitative estimate of drug-likeness (QED) is 0.630. The summed E-state index contributed by atoms with van der Waals surface area (Å²) < 4.78 is 42.0. The zero-order chi connectivity index (χ0) is 22.1. The third-order valence-corrected chi connectivity index (χ3v) is 7.66. The molecule has 1 aliphatic carbocycles. The second-order valence-corrected chi connectivity index (χ2v) is 10.4. The Bertz CT molecular complexity index is 1320. The molecule has 1 aliphatic heterocycles. The number of rotatable bonds is 3. The first-order valence-electron chi connectivity index (χ1n) is 9.71. The zero-order valence-corrected chi connectivity index (χ0v) is 18.5. The van der Waals surface area contributed by atoms with E-state index in [9.17, 15) is 17.9 Å². The maximum absolute atomic E-state index is 14.6. The number of aromatic nitrogens is 4. The highest BCUT2D eigenvalue weighted by atomic mass is 35.5. The predicted molar refractivity (Wildman–Crippen MR) is 114 cm³/mol. The van der Waals surface area contributed by atoms with Crippen molar-refractivity contribution in [1.82, 2.24) is 24.1 Å². The van der Waals surface area contributed by atoms with Gasteiger partial charge < -0.3 is 10.0 Å². The van der Waals surface area contributed by atoms with E-state index in [1.807, 2.05) is 4.90 Å². The lowest BCUT2D eigenvalue weighted by atomic mass is 10.1. The van der Waals surface area contributed by atoms with Crippen molar-refractivity contribution in [2.75, 3.05) is 30.8 Å². The van der Waals surface area contributed by atoms with Gasteiger partial charge in [0.2, 0.25) is 16.0 Å². The molecule has 2 fully saturated rings. The number of anilines is 1. The Labute approximate surface area is 183 Å². The number of aryl methyl sites for hydroxylation is 1. The van der Waals surface area contributed by atoms with Crippen LogP contribution in [-0.2, 0) is 17.1 Å². The average Bonchev–Trinajstić information content (AvgIpc) is 3.39. The van der Waals surface area contributed by atoms with Gasteiger partial charge in [0.15, 0.2) is 17.2 Å². The van der Waals surface area contributed by atoms with Crippen LogP contribution >= 0.6 is 11.6 Å². The molecule has 5 rings (SSSR count). The van der Waals surface area contributed by atoms with Crippen LogP contribution in [0.3, 0.4) is 0 Å². The molecule has 1 saturated carbocycles. The van der Waals surface area contributed by atoms with Gasteiger partial charge in [-0.15, -0.1) is 0 Å². The normalized spacial score (nSPS) is 18.8. The number of sulfonamides is 1. The summed E-state index contributed by atoms with van der Waals surface area (Å²) in [5.74, 6) is -1.01. The first-order valence-corrected chi connectivity index (χ1v) is 11.9. The van der Waals surface area contributed by atoms with E-state index < -0.39 is 21.6 Å². The highest BCUT2D eigenvalue weighted by Crippen LogP contribution is 2.46. The average molecular weight is 467 g/mol. The fourth-order valence-electron chi connectivity index (χ4n) is 4.31. The molecule has 2 aromatic heterocycles. The first kappa shape index (κ1) is 20.4. The van der Waals surface area contributed by atoms with E-state index in [0.29, 0.717) is 42.3 Å². The molecule has 164 valence electrons. The van der Waals surface area contributed by atoms with Crippen LogP contribution in [0.4, 0.5) is 10.3 Å². The lowest BCUT2D eigenvalue weighted by Gasteiger charge is -2.40. The topological polar surface area (TPSA) is 104 Å². The Hall–Kier alpha value is -2.50. The zero-order valence-electron chi connectivity index (χ0n) is 16.9. The van der Waals surface area contributed by atoms with Crippen molar-refractivity contribution in [3.8, 4) is 17.0 Å². The highest BCUT2D eigenvalue weighted by molar-refractivity contribution is 7.88. The summed E-state index contributed by atoms with van der Waals surface area (Å²) in [5, 5.41) is 14.7. The van der Waals surface area contributed by atoms with Crippen LogP contribution < -0.4 is 4.90 Å². The molecule has 1 N–H and O–H groups in total. The molecule has 3 aromatic rings. The van der Waals surface area contributed by atoms with E-state index in [2.05, 4.69) is 15.1 Å². The molecule has 3 heterocycles. The molecular formula is C19H20ClFN6O3S. The SMILES string of the molecule is Cn1nc(-c2ccc(Cl)c(O)c2F)c2cnc(N3CCN(S(C)(=O)=O)C4(CC4)C3)nc21. The molecule has 2 aliphatic rings. The highest BCUT2D eigenvalue weighted by Gasteiger charge is 2.55. The number of benzene rings is 1. The summed E-state index contributed by atoms with van der Waals surface area (Å²) in [6.07, 6.45) is 4.45. The largest absolute Gasteiger partial charge is 0.504 e.